The van der Waals surface area contributed by atoms with Crippen LogP contribution in [0.25, 0.3) is 0 Å². The number of hydrogen-bond donors (Lipinski definition) is 2. The summed E-state index contributed by atoms with van der Waals surface area (Å²) in [5.74, 6) is 0. The molecule has 3 fully saturated rings. The van der Waals surface area contributed by atoms with Gasteiger partial charge in [0.1, 0.15) is 78.7 Å². The van der Waals surface area contributed by atoms with E-state index in [1.165, 1.54) is 11.8 Å². The zero-order valence-corrected chi connectivity index (χ0v) is 54.3. The van der Waals surface area contributed by atoms with Crippen LogP contribution in [0.1, 0.15) is 44.5 Å². The van der Waals surface area contributed by atoms with E-state index in [0.29, 0.717) is 6.61 Å². The highest BCUT2D eigenvalue weighted by Gasteiger charge is 2.55. The predicted octanol–water partition coefficient (Wildman–Crippen LogP) is 13.0. The Hall–Kier alpha value is -7.27. The van der Waals surface area contributed by atoms with Crippen LogP contribution in [0.2, 0.25) is 0 Å². The van der Waals surface area contributed by atoms with E-state index in [2.05, 4.69) is 0 Å². The third-order valence-electron chi connectivity index (χ3n) is 17.0. The summed E-state index contributed by atoms with van der Waals surface area (Å²) in [6.07, 6.45) is -14.9. The molecular weight excluding hydrogens is 1230 g/mol. The van der Waals surface area contributed by atoms with E-state index in [-0.39, 0.29) is 66.1 Å². The van der Waals surface area contributed by atoms with E-state index < -0.39 is 91.3 Å². The van der Waals surface area contributed by atoms with Gasteiger partial charge in [0.15, 0.2) is 12.6 Å². The smallest absolute Gasteiger partial charge is 0.187 e. The van der Waals surface area contributed by atoms with Gasteiger partial charge >= 0.3 is 0 Å². The average molecular weight is 1320 g/mol. The molecule has 9 aromatic carbocycles. The molecule has 0 aliphatic carbocycles. The zero-order chi connectivity index (χ0) is 65.4. The number of aliphatic hydroxyl groups is 2. The third kappa shape index (κ3) is 19.7. The van der Waals surface area contributed by atoms with Gasteiger partial charge in [0.25, 0.3) is 0 Å². The van der Waals surface area contributed by atoms with Crippen LogP contribution >= 0.6 is 11.8 Å². The lowest BCUT2D eigenvalue weighted by atomic mass is 9.96. The van der Waals surface area contributed by atoms with Gasteiger partial charge in [-0.15, -0.1) is 0 Å². The molecule has 12 rings (SSSR count). The van der Waals surface area contributed by atoms with Crippen LogP contribution in [-0.2, 0) is 114 Å². The molecular formula is C80H84O15S. The largest absolute Gasteiger partial charge is 0.385 e. The fourth-order valence-electron chi connectivity index (χ4n) is 12.0. The minimum absolute atomic E-state index is 0.0426. The van der Waals surface area contributed by atoms with Crippen molar-refractivity contribution in [2.24, 2.45) is 0 Å². The second-order valence-corrected chi connectivity index (χ2v) is 25.2. The second-order valence-electron chi connectivity index (χ2n) is 24.0. The molecule has 0 amide bonds. The maximum Gasteiger partial charge on any atom is 0.187 e. The molecule has 0 aromatic heterocycles. The van der Waals surface area contributed by atoms with E-state index in [9.17, 15) is 10.2 Å². The van der Waals surface area contributed by atoms with E-state index in [1.807, 2.05) is 273 Å². The molecule has 16 heteroatoms. The van der Waals surface area contributed by atoms with E-state index in [1.54, 1.807) is 0 Å². The number of thioether (sulfide) groups is 1. The van der Waals surface area contributed by atoms with Crippen molar-refractivity contribution in [1.29, 1.82) is 0 Å². The van der Waals surface area contributed by atoms with Crippen LogP contribution in [0.15, 0.2) is 278 Å². The minimum Gasteiger partial charge on any atom is -0.385 e. The van der Waals surface area contributed by atoms with Crippen LogP contribution in [0.3, 0.4) is 0 Å². The predicted molar refractivity (Wildman–Crippen MR) is 363 cm³/mol. The lowest BCUT2D eigenvalue weighted by Crippen LogP contribution is -2.66. The molecule has 0 radical (unpaired) electrons. The van der Waals surface area contributed by atoms with Crippen molar-refractivity contribution < 1.29 is 71.8 Å². The number of benzene rings is 9. The summed E-state index contributed by atoms with van der Waals surface area (Å²) in [6.45, 7) is 1.44. The Balaban J connectivity index is 0.907. The lowest BCUT2D eigenvalue weighted by molar-refractivity contribution is -0.358. The van der Waals surface area contributed by atoms with Gasteiger partial charge in [-0.25, -0.2) is 0 Å². The standard InChI is InChI=1S/C80H84O15S/c81-69-74(88-51-62-38-20-6-21-39-62)71(85-48-59-32-14-3-15-33-59)66(54-83-46-57-28-10-1-11-29-57)92-78(69)91-56-68-73(87-50-61-36-18-5-19-37-61)76(77(90-53-64-42-24-8-25-43-64)80(94-68)96-65-44-26-9-27-45-65)95-79-70(82)75(89-52-63-40-22-7-23-41-63)72(86-49-60-34-16-4-17-35-60)67(93-79)55-84-47-58-30-12-2-13-31-58/h1-45,66-82H,46-56H2/t66?,67?,68?,69?,70?,71-,72-,73+,74-,75-,76+,77?,78+,79+,80-/m1/s1. The maximum atomic E-state index is 13.2. The van der Waals surface area contributed by atoms with Gasteiger partial charge in [-0.3, -0.25) is 0 Å². The Morgan fingerprint density at radius 3 is 0.885 bits per heavy atom. The number of hydrogen-bond acceptors (Lipinski definition) is 16. The molecule has 3 aliphatic rings. The van der Waals surface area contributed by atoms with Gasteiger partial charge in [0.2, 0.25) is 0 Å². The number of aliphatic hydroxyl groups excluding tert-OH is 2. The summed E-state index contributed by atoms with van der Waals surface area (Å²) in [7, 11) is 0. The Morgan fingerprint density at radius 1 is 0.260 bits per heavy atom. The Morgan fingerprint density at radius 2 is 0.531 bits per heavy atom. The first-order valence-corrected chi connectivity index (χ1v) is 33.8. The molecule has 3 aliphatic heterocycles. The highest BCUT2D eigenvalue weighted by atomic mass is 32.2. The molecule has 15 nitrogen and oxygen atoms in total. The second kappa shape index (κ2) is 36.4. The van der Waals surface area contributed by atoms with E-state index in [0.717, 1.165) is 49.4 Å². The van der Waals surface area contributed by atoms with Crippen LogP contribution in [0.4, 0.5) is 0 Å². The average Bonchev–Trinajstić information content (AvgIpc) is 0.780. The molecule has 9 aromatic rings. The molecule has 500 valence electrons. The minimum atomic E-state index is -1.46. The van der Waals surface area contributed by atoms with Gasteiger partial charge in [0.05, 0.1) is 72.7 Å². The summed E-state index contributed by atoms with van der Waals surface area (Å²) in [5, 5.41) is 26.0. The summed E-state index contributed by atoms with van der Waals surface area (Å²) >= 11 is 1.45. The molecule has 0 bridgehead atoms. The summed E-state index contributed by atoms with van der Waals surface area (Å²) < 4.78 is 90.6. The first-order chi connectivity index (χ1) is 47.4. The monoisotopic (exact) mass is 1320 g/mol. The van der Waals surface area contributed by atoms with Gasteiger partial charge in [-0.05, 0) is 56.6 Å². The Bertz CT molecular complexity index is 3580. The van der Waals surface area contributed by atoms with Crippen molar-refractivity contribution in [2.75, 3.05) is 19.8 Å². The van der Waals surface area contributed by atoms with E-state index in [4.69, 9.17) is 61.6 Å². The molecule has 2 N–H and O–H groups in total. The van der Waals surface area contributed by atoms with Crippen molar-refractivity contribution in [3.63, 3.8) is 0 Å². The highest BCUT2D eigenvalue weighted by molar-refractivity contribution is 7.99. The fraction of sp³-hybridized carbons (Fsp3) is 0.325. The van der Waals surface area contributed by atoms with Crippen LogP contribution in [-0.4, -0.2) is 121 Å². The van der Waals surface area contributed by atoms with Crippen LogP contribution in [0.5, 0.6) is 0 Å². The molecule has 0 spiro atoms. The van der Waals surface area contributed by atoms with E-state index >= 15 is 0 Å². The summed E-state index contributed by atoms with van der Waals surface area (Å²) in [4.78, 5) is 0.888. The number of rotatable bonds is 33. The molecule has 15 atom stereocenters. The van der Waals surface area contributed by atoms with Crippen LogP contribution in [0, 0.1) is 0 Å². The topological polar surface area (TPSA) is 160 Å². The zero-order valence-electron chi connectivity index (χ0n) is 53.5. The molecule has 96 heavy (non-hydrogen) atoms. The van der Waals surface area contributed by atoms with Crippen molar-refractivity contribution in [1.82, 2.24) is 0 Å². The van der Waals surface area contributed by atoms with Gasteiger partial charge in [0, 0.05) is 4.90 Å². The first-order valence-electron chi connectivity index (χ1n) is 32.9. The number of ether oxygens (including phenoxy) is 13. The third-order valence-corrected chi connectivity index (χ3v) is 18.2. The van der Waals surface area contributed by atoms with Gasteiger partial charge < -0.3 is 71.8 Å². The molecule has 3 saturated heterocycles. The SMILES string of the molecule is OC1[C@@H](OCC2O[C@H](Sc3ccccc3)C(OCc3ccccc3)[C@@H](O[C@@H]3OC(COCc4ccccc4)[C@@H](OCc4ccccc4)[C@H](OCc4ccccc4)C3O)[C@H]2OCc2ccccc2)OC(COCc2ccccc2)[C@@H](OCc2ccccc2)[C@@H]1OCc1ccccc1. The summed E-state index contributed by atoms with van der Waals surface area (Å²) in [5.41, 5.74) is 6.57. The quantitative estimate of drug-likeness (QED) is 0.0399. The fourth-order valence-corrected chi connectivity index (χ4v) is 13.2. The molecule has 6 unspecified atom stereocenters. The van der Waals surface area contributed by atoms with Crippen molar-refractivity contribution in [3.8, 4) is 0 Å². The maximum absolute atomic E-state index is 13.2. The van der Waals surface area contributed by atoms with Crippen molar-refractivity contribution >= 4 is 11.8 Å². The molecule has 0 saturated carbocycles. The van der Waals surface area contributed by atoms with Gasteiger partial charge in [-0.2, -0.15) is 0 Å². The summed E-state index contributed by atoms with van der Waals surface area (Å²) in [6, 6.07) is 88.8. The van der Waals surface area contributed by atoms with Crippen molar-refractivity contribution in [3.05, 3.63) is 317 Å². The van der Waals surface area contributed by atoms with Crippen molar-refractivity contribution in [2.45, 2.75) is 149 Å². The van der Waals surface area contributed by atoms with Gasteiger partial charge in [-0.1, -0.05) is 273 Å². The molecule has 3 heterocycles. The first kappa shape index (κ1) is 68.7. The lowest BCUT2D eigenvalue weighted by Gasteiger charge is -2.50. The Kier molecular flexibility index (Phi) is 26.0. The Labute approximate surface area is 567 Å². The van der Waals surface area contributed by atoms with Crippen LogP contribution < -0.4 is 0 Å². The highest BCUT2D eigenvalue weighted by Crippen LogP contribution is 2.41. The normalized spacial score (nSPS) is 25.9.